The third kappa shape index (κ3) is 4.74. The van der Waals surface area contributed by atoms with E-state index < -0.39 is 5.60 Å². The molecule has 2 aliphatic carbocycles. The molecule has 1 saturated heterocycles. The van der Waals surface area contributed by atoms with Gasteiger partial charge in [-0.3, -0.25) is 0 Å². The number of hydrogen-bond donors (Lipinski definition) is 1. The summed E-state index contributed by atoms with van der Waals surface area (Å²) in [5.74, 6) is 2.00. The normalized spacial score (nSPS) is 30.7. The second kappa shape index (κ2) is 8.49. The van der Waals surface area contributed by atoms with Crippen molar-refractivity contribution >= 4 is 11.8 Å². The number of fused-ring (bicyclic) bond motifs is 2. The molecule has 4 rings (SSSR count). The number of anilines is 1. The number of amides is 1. The van der Waals surface area contributed by atoms with Gasteiger partial charge in [-0.15, -0.1) is 0 Å². The zero-order valence-corrected chi connectivity index (χ0v) is 18.6. The molecule has 0 unspecified atom stereocenters. The highest BCUT2D eigenvalue weighted by Gasteiger charge is 2.46. The van der Waals surface area contributed by atoms with Crippen molar-refractivity contribution in [3.8, 4) is 6.07 Å². The molecule has 3 aliphatic rings. The number of hydrogen-bond acceptors (Lipinski definition) is 4. The molecule has 5 nitrogen and oxygen atoms in total. The van der Waals surface area contributed by atoms with Gasteiger partial charge < -0.3 is 15.0 Å². The van der Waals surface area contributed by atoms with Crippen LogP contribution in [0.2, 0.25) is 0 Å². The number of piperidine rings is 1. The minimum Gasteiger partial charge on any atom is -0.444 e. The molecule has 2 saturated carbocycles. The Balaban J connectivity index is 1.40. The minimum absolute atomic E-state index is 0.232. The van der Waals surface area contributed by atoms with Crippen LogP contribution in [0.15, 0.2) is 24.3 Å². The van der Waals surface area contributed by atoms with E-state index in [4.69, 9.17) is 10.00 Å². The van der Waals surface area contributed by atoms with Gasteiger partial charge in [0.15, 0.2) is 0 Å². The number of rotatable bonds is 4. The average Bonchev–Trinajstić information content (AvgIpc) is 3.28. The largest absolute Gasteiger partial charge is 0.444 e. The molecule has 1 aromatic rings. The summed E-state index contributed by atoms with van der Waals surface area (Å²) in [6.07, 6.45) is 8.22. The number of alkyl carbamates (subject to hydrolysis) is 1. The van der Waals surface area contributed by atoms with Crippen LogP contribution in [0.25, 0.3) is 0 Å². The van der Waals surface area contributed by atoms with Crippen molar-refractivity contribution in [3.63, 3.8) is 0 Å². The van der Waals surface area contributed by atoms with Crippen molar-refractivity contribution < 1.29 is 9.53 Å². The molecule has 5 heteroatoms. The predicted octanol–water partition coefficient (Wildman–Crippen LogP) is 5.25. The van der Waals surface area contributed by atoms with E-state index in [0.29, 0.717) is 17.9 Å². The Labute approximate surface area is 180 Å². The third-order valence-corrected chi connectivity index (χ3v) is 7.16. The molecular formula is C25H35N3O2. The van der Waals surface area contributed by atoms with Gasteiger partial charge in [0.2, 0.25) is 0 Å². The molecule has 162 valence electrons. The van der Waals surface area contributed by atoms with Crippen molar-refractivity contribution in [1.29, 1.82) is 5.26 Å². The minimum atomic E-state index is -0.458. The fourth-order valence-corrected chi connectivity index (χ4v) is 5.97. The highest BCUT2D eigenvalue weighted by molar-refractivity contribution is 5.68. The van der Waals surface area contributed by atoms with Gasteiger partial charge in [0.05, 0.1) is 11.6 Å². The quantitative estimate of drug-likeness (QED) is 0.738. The molecule has 1 aromatic carbocycles. The summed E-state index contributed by atoms with van der Waals surface area (Å²) < 4.78 is 5.52. The van der Waals surface area contributed by atoms with Crippen LogP contribution < -0.4 is 10.2 Å². The van der Waals surface area contributed by atoms with E-state index in [1.807, 2.05) is 32.9 Å². The lowest BCUT2D eigenvalue weighted by atomic mass is 9.77. The number of nitrogens with zero attached hydrogens (tertiary/aromatic N) is 2. The first-order chi connectivity index (χ1) is 14.3. The van der Waals surface area contributed by atoms with Crippen LogP contribution in [0.4, 0.5) is 10.5 Å². The maximum absolute atomic E-state index is 12.4. The van der Waals surface area contributed by atoms with E-state index in [2.05, 4.69) is 28.4 Å². The first-order valence-corrected chi connectivity index (χ1v) is 11.6. The standard InChI is InChI=1S/C25H35N3O2/c1-25(2,3)30-24(29)27-22-7-5-4-6-19(22)14-20-12-18-13-23(20)28(16-18)21-10-8-17(15-26)9-11-21/h8-11,18-20,22-23H,4-7,12-14,16H2,1-3H3,(H,27,29)/t18-,19+,20-,22-,23-/m1/s1. The maximum Gasteiger partial charge on any atom is 0.407 e. The van der Waals surface area contributed by atoms with E-state index >= 15 is 0 Å². The number of benzene rings is 1. The van der Waals surface area contributed by atoms with Gasteiger partial charge in [0, 0.05) is 24.3 Å². The van der Waals surface area contributed by atoms with Gasteiger partial charge in [0.25, 0.3) is 0 Å². The topological polar surface area (TPSA) is 65.4 Å². The lowest BCUT2D eigenvalue weighted by molar-refractivity contribution is 0.0459. The van der Waals surface area contributed by atoms with Crippen molar-refractivity contribution in [2.24, 2.45) is 17.8 Å². The number of ether oxygens (including phenoxy) is 1. The van der Waals surface area contributed by atoms with E-state index in [-0.39, 0.29) is 12.1 Å². The Morgan fingerprint density at radius 1 is 1.17 bits per heavy atom. The Kier molecular flexibility index (Phi) is 5.95. The third-order valence-electron chi connectivity index (χ3n) is 7.16. The van der Waals surface area contributed by atoms with Gasteiger partial charge >= 0.3 is 6.09 Å². The smallest absolute Gasteiger partial charge is 0.407 e. The molecule has 1 amide bonds. The summed E-state index contributed by atoms with van der Waals surface area (Å²) >= 11 is 0. The van der Waals surface area contributed by atoms with E-state index in [1.165, 1.54) is 44.2 Å². The lowest BCUT2D eigenvalue weighted by Gasteiger charge is -2.39. The van der Waals surface area contributed by atoms with E-state index in [0.717, 1.165) is 24.4 Å². The number of nitrogens with one attached hydrogen (secondary N) is 1. The highest BCUT2D eigenvalue weighted by Crippen LogP contribution is 2.47. The van der Waals surface area contributed by atoms with Crippen LogP contribution in [-0.4, -0.2) is 30.3 Å². The summed E-state index contributed by atoms with van der Waals surface area (Å²) in [4.78, 5) is 14.9. The van der Waals surface area contributed by atoms with Crippen LogP contribution in [0.3, 0.4) is 0 Å². The monoisotopic (exact) mass is 409 g/mol. The van der Waals surface area contributed by atoms with Crippen LogP contribution in [0.5, 0.6) is 0 Å². The van der Waals surface area contributed by atoms with Gasteiger partial charge in [-0.25, -0.2) is 4.79 Å². The average molecular weight is 410 g/mol. The second-order valence-electron chi connectivity index (χ2n) is 10.5. The molecule has 0 spiro atoms. The van der Waals surface area contributed by atoms with Crippen molar-refractivity contribution in [1.82, 2.24) is 5.32 Å². The zero-order chi connectivity index (χ0) is 21.3. The summed E-state index contributed by atoms with van der Waals surface area (Å²) in [5.41, 5.74) is 1.51. The molecule has 1 N–H and O–H groups in total. The van der Waals surface area contributed by atoms with Gasteiger partial charge in [-0.05, 0) is 94.9 Å². The molecule has 3 fully saturated rings. The summed E-state index contributed by atoms with van der Waals surface area (Å²) in [6.45, 7) is 6.88. The maximum atomic E-state index is 12.4. The number of carbonyl (C=O) groups excluding carboxylic acids is 1. The SMILES string of the molecule is CC(C)(C)OC(=O)N[C@@H]1CCCC[C@H]1C[C@H]1C[C@@H]2C[C@H]1N(c1ccc(C#N)cc1)C2. The molecule has 5 atom stereocenters. The van der Waals surface area contributed by atoms with Crippen molar-refractivity contribution in [3.05, 3.63) is 29.8 Å². The second-order valence-corrected chi connectivity index (χ2v) is 10.5. The fourth-order valence-electron chi connectivity index (χ4n) is 5.97. The molecule has 2 bridgehead atoms. The fraction of sp³-hybridized carbons (Fsp3) is 0.680. The zero-order valence-electron chi connectivity index (χ0n) is 18.6. The van der Waals surface area contributed by atoms with Crippen LogP contribution in [0, 0.1) is 29.1 Å². The van der Waals surface area contributed by atoms with Crippen molar-refractivity contribution in [2.75, 3.05) is 11.4 Å². The molecule has 0 aromatic heterocycles. The lowest BCUT2D eigenvalue weighted by Crippen LogP contribution is -2.46. The molecule has 30 heavy (non-hydrogen) atoms. The molecule has 0 radical (unpaired) electrons. The van der Waals surface area contributed by atoms with E-state index in [1.54, 1.807) is 0 Å². The molecule has 1 aliphatic heterocycles. The van der Waals surface area contributed by atoms with E-state index in [9.17, 15) is 4.79 Å². The Hall–Kier alpha value is -2.22. The van der Waals surface area contributed by atoms with Crippen LogP contribution >= 0.6 is 0 Å². The van der Waals surface area contributed by atoms with Gasteiger partial charge in [-0.2, -0.15) is 5.26 Å². The number of carbonyl (C=O) groups is 1. The van der Waals surface area contributed by atoms with Crippen LogP contribution in [-0.2, 0) is 4.74 Å². The van der Waals surface area contributed by atoms with Crippen molar-refractivity contribution in [2.45, 2.75) is 83.4 Å². The predicted molar refractivity (Wildman–Crippen MR) is 118 cm³/mol. The highest BCUT2D eigenvalue weighted by atomic mass is 16.6. The first kappa shape index (κ1) is 21.0. The first-order valence-electron chi connectivity index (χ1n) is 11.6. The van der Waals surface area contributed by atoms with Gasteiger partial charge in [0.1, 0.15) is 5.60 Å². The Bertz CT molecular complexity index is 792. The Morgan fingerprint density at radius 2 is 1.90 bits per heavy atom. The summed E-state index contributed by atoms with van der Waals surface area (Å²) in [5, 5.41) is 12.3. The summed E-state index contributed by atoms with van der Waals surface area (Å²) in [6, 6.07) is 11.1. The summed E-state index contributed by atoms with van der Waals surface area (Å²) in [7, 11) is 0. The molecular weight excluding hydrogens is 374 g/mol. The molecule has 1 heterocycles. The van der Waals surface area contributed by atoms with Gasteiger partial charge in [-0.1, -0.05) is 12.8 Å². The Morgan fingerprint density at radius 3 is 2.57 bits per heavy atom. The van der Waals surface area contributed by atoms with Crippen LogP contribution in [0.1, 0.15) is 71.3 Å². The number of nitriles is 1.